The zero-order chi connectivity index (χ0) is 20.9. The Labute approximate surface area is 178 Å². The number of thioether (sulfide) groups is 1. The molecule has 1 aliphatic rings. The molecule has 1 aliphatic heterocycles. The topological polar surface area (TPSA) is 98.3 Å². The molecule has 0 bridgehead atoms. The van der Waals surface area contributed by atoms with Gasteiger partial charge in [0, 0.05) is 19.2 Å². The third kappa shape index (κ3) is 4.82. The monoisotopic (exact) mass is 428 g/mol. The minimum atomic E-state index is -0.390. The molecular formula is C20H24N6O3S. The van der Waals surface area contributed by atoms with E-state index in [4.69, 9.17) is 9.26 Å². The van der Waals surface area contributed by atoms with Gasteiger partial charge in [0.05, 0.1) is 25.0 Å². The fourth-order valence-electron chi connectivity index (χ4n) is 3.13. The van der Waals surface area contributed by atoms with E-state index in [1.165, 1.54) is 11.8 Å². The summed E-state index contributed by atoms with van der Waals surface area (Å²) in [5, 5.41) is 15.7. The molecule has 0 radical (unpaired) electrons. The Bertz CT molecular complexity index is 984. The molecule has 30 heavy (non-hydrogen) atoms. The van der Waals surface area contributed by atoms with Crippen LogP contribution in [-0.2, 0) is 16.1 Å². The van der Waals surface area contributed by atoms with Crippen LogP contribution in [0.15, 0.2) is 46.1 Å². The molecule has 1 amide bonds. The van der Waals surface area contributed by atoms with Gasteiger partial charge in [-0.25, -0.2) is 0 Å². The standard InChI is InChI=1S/C20H24N6O3S/c1-14-12-17(24-29-14)21-18(27)15(2)30-20-23-22-19(25-8-10-28-11-9-25)26(20)13-16-6-4-3-5-7-16/h3-7,12,15H,8-11,13H2,1-2H3,(H,21,24,27). The molecule has 158 valence electrons. The molecule has 10 heteroatoms. The maximum Gasteiger partial charge on any atom is 0.238 e. The van der Waals surface area contributed by atoms with E-state index in [1.807, 2.05) is 25.1 Å². The van der Waals surface area contributed by atoms with Crippen molar-refractivity contribution in [2.24, 2.45) is 0 Å². The Kier molecular flexibility index (Phi) is 6.34. The first-order valence-electron chi connectivity index (χ1n) is 9.81. The number of morpholine rings is 1. The highest BCUT2D eigenvalue weighted by molar-refractivity contribution is 8.00. The van der Waals surface area contributed by atoms with E-state index >= 15 is 0 Å². The lowest BCUT2D eigenvalue weighted by Gasteiger charge is -2.28. The van der Waals surface area contributed by atoms with Crippen LogP contribution in [0.1, 0.15) is 18.2 Å². The van der Waals surface area contributed by atoms with Crippen molar-refractivity contribution in [3.63, 3.8) is 0 Å². The molecular weight excluding hydrogens is 404 g/mol. The third-order valence-corrected chi connectivity index (χ3v) is 5.79. The van der Waals surface area contributed by atoms with Crippen LogP contribution < -0.4 is 10.2 Å². The molecule has 1 saturated heterocycles. The first kappa shape index (κ1) is 20.4. The number of hydrogen-bond donors (Lipinski definition) is 1. The normalized spacial score (nSPS) is 15.2. The van der Waals surface area contributed by atoms with Crippen LogP contribution >= 0.6 is 11.8 Å². The largest absolute Gasteiger partial charge is 0.378 e. The van der Waals surface area contributed by atoms with Crippen molar-refractivity contribution in [3.05, 3.63) is 47.7 Å². The van der Waals surface area contributed by atoms with Crippen molar-refractivity contribution < 1.29 is 14.1 Å². The number of nitrogens with zero attached hydrogens (tertiary/aromatic N) is 5. The number of rotatable bonds is 7. The molecule has 1 N–H and O–H groups in total. The number of carbonyl (C=O) groups is 1. The minimum Gasteiger partial charge on any atom is -0.378 e. The summed E-state index contributed by atoms with van der Waals surface area (Å²) in [7, 11) is 0. The Morgan fingerprint density at radius 3 is 2.70 bits per heavy atom. The fraction of sp³-hybridized carbons (Fsp3) is 0.400. The Balaban J connectivity index is 1.53. The van der Waals surface area contributed by atoms with Gasteiger partial charge in [0.1, 0.15) is 5.76 Å². The zero-order valence-corrected chi connectivity index (χ0v) is 17.8. The van der Waals surface area contributed by atoms with Crippen LogP contribution in [-0.4, -0.2) is 57.4 Å². The summed E-state index contributed by atoms with van der Waals surface area (Å²) in [6.07, 6.45) is 0. The van der Waals surface area contributed by atoms with Gasteiger partial charge in [-0.05, 0) is 19.4 Å². The van der Waals surface area contributed by atoms with Crippen molar-refractivity contribution in [1.82, 2.24) is 19.9 Å². The summed E-state index contributed by atoms with van der Waals surface area (Å²) in [6, 6.07) is 11.8. The maximum absolute atomic E-state index is 12.6. The smallest absolute Gasteiger partial charge is 0.238 e. The SMILES string of the molecule is Cc1cc(NC(=O)C(C)Sc2nnc(N3CCOCC3)n2Cc2ccccc2)no1. The number of amides is 1. The Hall–Kier alpha value is -2.85. The van der Waals surface area contributed by atoms with Crippen molar-refractivity contribution in [1.29, 1.82) is 0 Å². The van der Waals surface area contributed by atoms with Crippen LogP contribution in [0.2, 0.25) is 0 Å². The molecule has 1 unspecified atom stereocenters. The van der Waals surface area contributed by atoms with E-state index in [-0.39, 0.29) is 5.91 Å². The van der Waals surface area contributed by atoms with Gasteiger partial charge in [-0.1, -0.05) is 47.3 Å². The number of aryl methyl sites for hydroxylation is 1. The highest BCUT2D eigenvalue weighted by Crippen LogP contribution is 2.28. The van der Waals surface area contributed by atoms with Gasteiger partial charge in [0.25, 0.3) is 0 Å². The summed E-state index contributed by atoms with van der Waals surface area (Å²) in [5.74, 6) is 1.67. The van der Waals surface area contributed by atoms with Gasteiger partial charge in [0.2, 0.25) is 11.9 Å². The van der Waals surface area contributed by atoms with E-state index in [0.29, 0.717) is 36.5 Å². The second-order valence-electron chi connectivity index (χ2n) is 7.03. The van der Waals surface area contributed by atoms with Crippen molar-refractivity contribution in [2.45, 2.75) is 30.8 Å². The van der Waals surface area contributed by atoms with E-state index < -0.39 is 5.25 Å². The van der Waals surface area contributed by atoms with Crippen LogP contribution in [0.25, 0.3) is 0 Å². The highest BCUT2D eigenvalue weighted by Gasteiger charge is 2.24. The minimum absolute atomic E-state index is 0.171. The molecule has 1 aromatic carbocycles. The van der Waals surface area contributed by atoms with Gasteiger partial charge in [-0.3, -0.25) is 9.36 Å². The number of aromatic nitrogens is 4. The van der Waals surface area contributed by atoms with Crippen LogP contribution in [0.5, 0.6) is 0 Å². The zero-order valence-electron chi connectivity index (χ0n) is 16.9. The lowest BCUT2D eigenvalue weighted by molar-refractivity contribution is -0.115. The molecule has 4 rings (SSSR count). The van der Waals surface area contributed by atoms with Gasteiger partial charge < -0.3 is 19.5 Å². The number of benzene rings is 1. The van der Waals surface area contributed by atoms with Crippen molar-refractivity contribution >= 4 is 29.4 Å². The number of carbonyl (C=O) groups excluding carboxylic acids is 1. The highest BCUT2D eigenvalue weighted by atomic mass is 32.2. The lowest BCUT2D eigenvalue weighted by Crippen LogP contribution is -2.38. The second kappa shape index (κ2) is 9.31. The van der Waals surface area contributed by atoms with Gasteiger partial charge in [-0.2, -0.15) is 0 Å². The predicted molar refractivity (Wildman–Crippen MR) is 114 cm³/mol. The molecule has 9 nitrogen and oxygen atoms in total. The lowest BCUT2D eigenvalue weighted by atomic mass is 10.2. The molecule has 0 aliphatic carbocycles. The summed E-state index contributed by atoms with van der Waals surface area (Å²) in [5.41, 5.74) is 1.14. The van der Waals surface area contributed by atoms with E-state index in [1.54, 1.807) is 13.0 Å². The molecule has 0 saturated carbocycles. The first-order chi connectivity index (χ1) is 14.6. The predicted octanol–water partition coefficient (Wildman–Crippen LogP) is 2.58. The molecule has 1 fully saturated rings. The Morgan fingerprint density at radius 2 is 2.00 bits per heavy atom. The molecule has 2 aromatic heterocycles. The average molecular weight is 429 g/mol. The average Bonchev–Trinajstić information content (AvgIpc) is 3.35. The number of hydrogen-bond acceptors (Lipinski definition) is 8. The molecule has 0 spiro atoms. The number of nitrogens with one attached hydrogen (secondary N) is 1. The van der Waals surface area contributed by atoms with Crippen molar-refractivity contribution in [2.75, 3.05) is 36.5 Å². The summed E-state index contributed by atoms with van der Waals surface area (Å²) in [4.78, 5) is 14.8. The van der Waals surface area contributed by atoms with Crippen LogP contribution in [0.4, 0.5) is 11.8 Å². The van der Waals surface area contributed by atoms with Crippen LogP contribution in [0, 0.1) is 6.92 Å². The van der Waals surface area contributed by atoms with E-state index in [0.717, 1.165) is 24.6 Å². The van der Waals surface area contributed by atoms with Crippen LogP contribution in [0.3, 0.4) is 0 Å². The molecule has 3 heterocycles. The van der Waals surface area contributed by atoms with E-state index in [2.05, 4.69) is 42.3 Å². The van der Waals surface area contributed by atoms with Gasteiger partial charge in [-0.15, -0.1) is 10.2 Å². The van der Waals surface area contributed by atoms with Gasteiger partial charge in [0.15, 0.2) is 11.0 Å². The quantitative estimate of drug-likeness (QED) is 0.574. The Morgan fingerprint density at radius 1 is 1.23 bits per heavy atom. The molecule has 1 atom stereocenters. The van der Waals surface area contributed by atoms with E-state index in [9.17, 15) is 4.79 Å². The summed E-state index contributed by atoms with van der Waals surface area (Å²) < 4.78 is 12.5. The first-order valence-corrected chi connectivity index (χ1v) is 10.7. The molecule has 3 aromatic rings. The van der Waals surface area contributed by atoms with Gasteiger partial charge >= 0.3 is 0 Å². The summed E-state index contributed by atoms with van der Waals surface area (Å²) >= 11 is 1.37. The fourth-order valence-corrected chi connectivity index (χ4v) is 3.98. The third-order valence-electron chi connectivity index (χ3n) is 4.71. The van der Waals surface area contributed by atoms with Crippen molar-refractivity contribution in [3.8, 4) is 0 Å². The summed E-state index contributed by atoms with van der Waals surface area (Å²) in [6.45, 7) is 7.09. The maximum atomic E-state index is 12.6. The second-order valence-corrected chi connectivity index (χ2v) is 8.33. The number of anilines is 2. The number of ether oxygens (including phenoxy) is 1.